The summed E-state index contributed by atoms with van der Waals surface area (Å²) in [5, 5.41) is 5.62. The van der Waals surface area contributed by atoms with Gasteiger partial charge in [-0.15, -0.1) is 11.3 Å². The second kappa shape index (κ2) is 9.50. The van der Waals surface area contributed by atoms with Crippen molar-refractivity contribution in [2.24, 2.45) is 0 Å². The standard InChI is InChI=1S/C14H26N2OS/c1-13(12-15-8-5-10-17-3)16(2)9-7-14-6-4-11-18-14/h4,6,11,13,15H,5,7-10,12H2,1-3H3. The molecule has 4 heteroatoms. The normalized spacial score (nSPS) is 13.1. The van der Waals surface area contributed by atoms with Crippen molar-refractivity contribution in [1.82, 2.24) is 10.2 Å². The molecule has 3 nitrogen and oxygen atoms in total. The van der Waals surface area contributed by atoms with Crippen molar-refractivity contribution in [2.45, 2.75) is 25.8 Å². The van der Waals surface area contributed by atoms with Crippen LogP contribution in [0.1, 0.15) is 18.2 Å². The minimum atomic E-state index is 0.576. The summed E-state index contributed by atoms with van der Waals surface area (Å²) < 4.78 is 5.03. The second-order valence-corrected chi connectivity index (χ2v) is 5.74. The van der Waals surface area contributed by atoms with Gasteiger partial charge in [0.2, 0.25) is 0 Å². The van der Waals surface area contributed by atoms with Gasteiger partial charge in [0.05, 0.1) is 0 Å². The number of nitrogens with zero attached hydrogens (tertiary/aromatic N) is 1. The van der Waals surface area contributed by atoms with Crippen LogP contribution in [-0.4, -0.2) is 51.3 Å². The Morgan fingerprint density at radius 2 is 2.33 bits per heavy atom. The summed E-state index contributed by atoms with van der Waals surface area (Å²) in [6.07, 6.45) is 2.24. The monoisotopic (exact) mass is 270 g/mol. The number of ether oxygens (including phenoxy) is 1. The Bertz CT molecular complexity index is 290. The Morgan fingerprint density at radius 3 is 3.00 bits per heavy atom. The second-order valence-electron chi connectivity index (χ2n) is 4.71. The molecule has 18 heavy (non-hydrogen) atoms. The van der Waals surface area contributed by atoms with Crippen LogP contribution >= 0.6 is 11.3 Å². The third-order valence-corrected chi connectivity index (χ3v) is 4.12. The van der Waals surface area contributed by atoms with Gasteiger partial charge >= 0.3 is 0 Å². The van der Waals surface area contributed by atoms with Crippen LogP contribution < -0.4 is 5.32 Å². The van der Waals surface area contributed by atoms with E-state index >= 15 is 0 Å². The van der Waals surface area contributed by atoms with E-state index in [9.17, 15) is 0 Å². The molecule has 0 aliphatic carbocycles. The van der Waals surface area contributed by atoms with E-state index in [4.69, 9.17) is 4.74 Å². The smallest absolute Gasteiger partial charge is 0.0474 e. The minimum Gasteiger partial charge on any atom is -0.385 e. The fourth-order valence-corrected chi connectivity index (χ4v) is 2.47. The summed E-state index contributed by atoms with van der Waals surface area (Å²) in [4.78, 5) is 3.89. The highest BCUT2D eigenvalue weighted by Crippen LogP contribution is 2.10. The minimum absolute atomic E-state index is 0.576. The topological polar surface area (TPSA) is 24.5 Å². The lowest BCUT2D eigenvalue weighted by molar-refractivity contribution is 0.192. The van der Waals surface area contributed by atoms with Gasteiger partial charge in [0.25, 0.3) is 0 Å². The van der Waals surface area contributed by atoms with Crippen LogP contribution in [0, 0.1) is 0 Å². The quantitative estimate of drug-likeness (QED) is 0.660. The van der Waals surface area contributed by atoms with E-state index < -0.39 is 0 Å². The first-order valence-corrected chi connectivity index (χ1v) is 7.54. The molecule has 1 unspecified atom stereocenters. The molecule has 1 rings (SSSR count). The SMILES string of the molecule is COCCCNCC(C)N(C)CCc1cccs1. The number of methoxy groups -OCH3 is 1. The van der Waals surface area contributed by atoms with Gasteiger partial charge in [0, 0.05) is 37.7 Å². The lowest BCUT2D eigenvalue weighted by Gasteiger charge is -2.24. The summed E-state index contributed by atoms with van der Waals surface area (Å²) in [5.41, 5.74) is 0. The van der Waals surface area contributed by atoms with Crippen LogP contribution in [0.15, 0.2) is 17.5 Å². The van der Waals surface area contributed by atoms with Gasteiger partial charge in [-0.25, -0.2) is 0 Å². The van der Waals surface area contributed by atoms with Crippen molar-refractivity contribution in [1.29, 1.82) is 0 Å². The van der Waals surface area contributed by atoms with Gasteiger partial charge < -0.3 is 15.0 Å². The molecule has 0 aliphatic rings. The van der Waals surface area contributed by atoms with Crippen molar-refractivity contribution in [2.75, 3.05) is 40.4 Å². The van der Waals surface area contributed by atoms with Gasteiger partial charge in [-0.05, 0) is 44.8 Å². The highest BCUT2D eigenvalue weighted by Gasteiger charge is 2.08. The molecule has 0 aliphatic heterocycles. The maximum atomic E-state index is 5.03. The molecule has 1 N–H and O–H groups in total. The first-order valence-electron chi connectivity index (χ1n) is 6.66. The Morgan fingerprint density at radius 1 is 1.50 bits per heavy atom. The van der Waals surface area contributed by atoms with Gasteiger partial charge in [0.1, 0.15) is 0 Å². The Labute approximate surface area is 115 Å². The zero-order chi connectivity index (χ0) is 13.2. The zero-order valence-corrected chi connectivity index (χ0v) is 12.6. The van der Waals surface area contributed by atoms with Crippen molar-refractivity contribution < 1.29 is 4.74 Å². The molecule has 0 saturated heterocycles. The highest BCUT2D eigenvalue weighted by molar-refractivity contribution is 7.09. The molecule has 0 radical (unpaired) electrons. The number of hydrogen-bond donors (Lipinski definition) is 1. The molecule has 104 valence electrons. The Kier molecular flexibility index (Phi) is 8.25. The molecular formula is C14H26N2OS. The van der Waals surface area contributed by atoms with E-state index in [2.05, 4.69) is 41.7 Å². The summed E-state index contributed by atoms with van der Waals surface area (Å²) in [6, 6.07) is 4.92. The molecule has 0 aromatic carbocycles. The molecule has 0 spiro atoms. The van der Waals surface area contributed by atoms with Gasteiger partial charge in [-0.1, -0.05) is 6.07 Å². The highest BCUT2D eigenvalue weighted by atomic mass is 32.1. The maximum Gasteiger partial charge on any atom is 0.0474 e. The lowest BCUT2D eigenvalue weighted by Crippen LogP contribution is -2.39. The maximum absolute atomic E-state index is 5.03. The van der Waals surface area contributed by atoms with Crippen molar-refractivity contribution in [3.8, 4) is 0 Å². The van der Waals surface area contributed by atoms with Crippen molar-refractivity contribution in [3.05, 3.63) is 22.4 Å². The van der Waals surface area contributed by atoms with E-state index in [1.807, 2.05) is 11.3 Å². The third kappa shape index (κ3) is 6.50. The zero-order valence-electron chi connectivity index (χ0n) is 11.8. The van der Waals surface area contributed by atoms with Crippen LogP contribution in [0.4, 0.5) is 0 Å². The summed E-state index contributed by atoms with van der Waals surface area (Å²) >= 11 is 1.85. The summed E-state index contributed by atoms with van der Waals surface area (Å²) in [7, 11) is 3.95. The van der Waals surface area contributed by atoms with Crippen LogP contribution in [0.25, 0.3) is 0 Å². The van der Waals surface area contributed by atoms with Crippen LogP contribution in [0.3, 0.4) is 0 Å². The fourth-order valence-electron chi connectivity index (χ4n) is 1.77. The molecule has 1 aromatic rings. The van der Waals surface area contributed by atoms with E-state index in [1.54, 1.807) is 7.11 Å². The average Bonchev–Trinajstić information content (AvgIpc) is 2.88. The number of rotatable bonds is 10. The largest absolute Gasteiger partial charge is 0.385 e. The van der Waals surface area contributed by atoms with Gasteiger partial charge in [-0.3, -0.25) is 0 Å². The number of hydrogen-bond acceptors (Lipinski definition) is 4. The first kappa shape index (κ1) is 15.6. The fraction of sp³-hybridized carbons (Fsp3) is 0.714. The molecule has 1 aromatic heterocycles. The van der Waals surface area contributed by atoms with E-state index in [0.29, 0.717) is 6.04 Å². The van der Waals surface area contributed by atoms with E-state index in [0.717, 1.165) is 39.1 Å². The molecule has 1 heterocycles. The molecular weight excluding hydrogens is 244 g/mol. The Balaban J connectivity index is 2.07. The van der Waals surface area contributed by atoms with Crippen LogP contribution in [0.5, 0.6) is 0 Å². The predicted octanol–water partition coefficient (Wildman–Crippen LogP) is 2.24. The number of nitrogens with one attached hydrogen (secondary N) is 1. The average molecular weight is 270 g/mol. The molecule has 0 saturated carbocycles. The number of likely N-dealkylation sites (N-methyl/N-ethyl adjacent to an activating group) is 1. The van der Waals surface area contributed by atoms with Gasteiger partial charge in [0.15, 0.2) is 0 Å². The molecule has 0 fully saturated rings. The van der Waals surface area contributed by atoms with E-state index in [-0.39, 0.29) is 0 Å². The number of thiophene rings is 1. The third-order valence-electron chi connectivity index (χ3n) is 3.19. The first-order chi connectivity index (χ1) is 8.74. The van der Waals surface area contributed by atoms with Gasteiger partial charge in [-0.2, -0.15) is 0 Å². The Hall–Kier alpha value is -0.420. The van der Waals surface area contributed by atoms with Crippen LogP contribution in [-0.2, 0) is 11.2 Å². The molecule has 1 atom stereocenters. The summed E-state index contributed by atoms with van der Waals surface area (Å²) in [6.45, 7) is 6.33. The predicted molar refractivity (Wildman–Crippen MR) is 79.5 cm³/mol. The molecule has 0 amide bonds. The molecule has 0 bridgehead atoms. The lowest BCUT2D eigenvalue weighted by atomic mass is 10.2. The van der Waals surface area contributed by atoms with Crippen LogP contribution in [0.2, 0.25) is 0 Å². The van der Waals surface area contributed by atoms with Crippen molar-refractivity contribution >= 4 is 11.3 Å². The summed E-state index contributed by atoms with van der Waals surface area (Å²) in [5.74, 6) is 0. The van der Waals surface area contributed by atoms with Crippen molar-refractivity contribution in [3.63, 3.8) is 0 Å². The van der Waals surface area contributed by atoms with E-state index in [1.165, 1.54) is 4.88 Å².